The Morgan fingerprint density at radius 1 is 1.06 bits per heavy atom. The summed E-state index contributed by atoms with van der Waals surface area (Å²) >= 11 is 0. The van der Waals surface area contributed by atoms with Gasteiger partial charge in [0.05, 0.1) is 17.4 Å². The van der Waals surface area contributed by atoms with E-state index in [4.69, 9.17) is 10.7 Å². The standard InChI is InChI=1S/C24H32N4O4/c25-22(21-20(12-15-26-23(21)29)27-17-4-2-1-3-5-17)28-18-8-6-16(7-9-18)24(30)13-10-19(32-31)11-14-24/h6-9,12,15,17,19,30-31H,1-5,10-11,13-14H2,(H2,25,28)(H2,26,27,29). The van der Waals surface area contributed by atoms with Gasteiger partial charge in [-0.05, 0) is 62.3 Å². The van der Waals surface area contributed by atoms with Crippen LogP contribution < -0.4 is 16.2 Å². The number of aromatic nitrogens is 1. The molecule has 2 aliphatic carbocycles. The van der Waals surface area contributed by atoms with E-state index < -0.39 is 5.60 Å². The van der Waals surface area contributed by atoms with E-state index in [1.54, 1.807) is 6.20 Å². The van der Waals surface area contributed by atoms with Gasteiger partial charge < -0.3 is 20.7 Å². The molecule has 2 aromatic rings. The van der Waals surface area contributed by atoms with Crippen LogP contribution in [0.1, 0.15) is 68.9 Å². The molecule has 1 heterocycles. The number of hydrogen-bond donors (Lipinski definition) is 6. The average molecular weight is 441 g/mol. The topological polar surface area (TPSA) is 130 Å². The number of aliphatic hydroxyl groups is 1. The molecule has 0 unspecified atom stereocenters. The maximum absolute atomic E-state index is 12.5. The predicted molar refractivity (Wildman–Crippen MR) is 124 cm³/mol. The molecule has 8 nitrogen and oxygen atoms in total. The highest BCUT2D eigenvalue weighted by Crippen LogP contribution is 2.38. The third-order valence-electron chi connectivity index (χ3n) is 6.78. The molecule has 1 aromatic carbocycles. The third kappa shape index (κ3) is 5.03. The van der Waals surface area contributed by atoms with Crippen LogP contribution in [0.2, 0.25) is 0 Å². The number of nitrogens with one attached hydrogen (secondary N) is 4. The Balaban J connectivity index is 1.46. The van der Waals surface area contributed by atoms with Crippen LogP contribution in [0, 0.1) is 5.41 Å². The quantitative estimate of drug-likeness (QED) is 0.173. The molecule has 0 saturated heterocycles. The van der Waals surface area contributed by atoms with Crippen LogP contribution in [0.25, 0.3) is 0 Å². The SMILES string of the molecule is N=C(Nc1ccc(C2(O)CCC(OO)CC2)cc1)c1c(NC2CCCCC2)cc[nH]c1=O. The molecule has 0 bridgehead atoms. The molecule has 2 aliphatic rings. The van der Waals surface area contributed by atoms with E-state index in [-0.39, 0.29) is 17.5 Å². The number of amidine groups is 1. The Labute approximate surface area is 187 Å². The fraction of sp³-hybridized carbons (Fsp3) is 0.500. The highest BCUT2D eigenvalue weighted by Gasteiger charge is 2.35. The van der Waals surface area contributed by atoms with E-state index in [0.29, 0.717) is 48.7 Å². The summed E-state index contributed by atoms with van der Waals surface area (Å²) in [5, 5.41) is 34.8. The van der Waals surface area contributed by atoms with Crippen LogP contribution in [0.15, 0.2) is 41.3 Å². The van der Waals surface area contributed by atoms with Gasteiger partial charge in [-0.1, -0.05) is 31.4 Å². The summed E-state index contributed by atoms with van der Waals surface area (Å²) in [5.41, 5.74) is 1.17. The lowest BCUT2D eigenvalue weighted by atomic mass is 9.78. The Morgan fingerprint density at radius 2 is 1.75 bits per heavy atom. The number of aromatic amines is 1. The van der Waals surface area contributed by atoms with Gasteiger partial charge in [-0.15, -0.1) is 0 Å². The zero-order chi connectivity index (χ0) is 22.6. The molecule has 0 radical (unpaired) electrons. The minimum absolute atomic E-state index is 0.0252. The molecule has 1 aromatic heterocycles. The van der Waals surface area contributed by atoms with E-state index in [1.807, 2.05) is 30.3 Å². The summed E-state index contributed by atoms with van der Waals surface area (Å²) in [6.07, 6.45) is 9.33. The van der Waals surface area contributed by atoms with Gasteiger partial charge in [-0.2, -0.15) is 0 Å². The monoisotopic (exact) mass is 440 g/mol. The van der Waals surface area contributed by atoms with Gasteiger partial charge in [-0.3, -0.25) is 15.5 Å². The lowest BCUT2D eigenvalue weighted by molar-refractivity contribution is -0.289. The largest absolute Gasteiger partial charge is 0.385 e. The van der Waals surface area contributed by atoms with Crippen molar-refractivity contribution in [2.75, 3.05) is 10.6 Å². The Kier molecular flexibility index (Phi) is 6.93. The van der Waals surface area contributed by atoms with Crippen molar-refractivity contribution in [3.8, 4) is 0 Å². The molecule has 172 valence electrons. The highest BCUT2D eigenvalue weighted by atomic mass is 17.1. The van der Waals surface area contributed by atoms with Gasteiger partial charge in [0.1, 0.15) is 11.4 Å². The predicted octanol–water partition coefficient (Wildman–Crippen LogP) is 4.18. The van der Waals surface area contributed by atoms with Crippen molar-refractivity contribution in [1.82, 2.24) is 4.98 Å². The van der Waals surface area contributed by atoms with Crippen molar-refractivity contribution < 1.29 is 15.3 Å². The zero-order valence-corrected chi connectivity index (χ0v) is 18.2. The van der Waals surface area contributed by atoms with Gasteiger partial charge in [0.2, 0.25) is 0 Å². The van der Waals surface area contributed by atoms with Crippen molar-refractivity contribution in [1.29, 1.82) is 5.41 Å². The Hall–Kier alpha value is -2.68. The first-order chi connectivity index (χ1) is 15.5. The van der Waals surface area contributed by atoms with Crippen molar-refractivity contribution >= 4 is 17.2 Å². The van der Waals surface area contributed by atoms with Gasteiger partial charge in [0, 0.05) is 17.9 Å². The first-order valence-electron chi connectivity index (χ1n) is 11.5. The fourth-order valence-corrected chi connectivity index (χ4v) is 4.85. The molecule has 8 heteroatoms. The zero-order valence-electron chi connectivity index (χ0n) is 18.2. The maximum atomic E-state index is 12.5. The molecule has 0 amide bonds. The van der Waals surface area contributed by atoms with E-state index in [1.165, 1.54) is 19.3 Å². The molecule has 2 fully saturated rings. The van der Waals surface area contributed by atoms with Crippen LogP contribution >= 0.6 is 0 Å². The minimum Gasteiger partial charge on any atom is -0.385 e. The average Bonchev–Trinajstić information content (AvgIpc) is 2.81. The number of benzene rings is 1. The summed E-state index contributed by atoms with van der Waals surface area (Å²) in [5.74, 6) is 0.0252. The lowest BCUT2D eigenvalue weighted by Crippen LogP contribution is -2.34. The second-order valence-electron chi connectivity index (χ2n) is 8.99. The van der Waals surface area contributed by atoms with Crippen LogP contribution in [-0.4, -0.2) is 33.3 Å². The molecular weight excluding hydrogens is 408 g/mol. The van der Waals surface area contributed by atoms with Crippen molar-refractivity contribution in [3.63, 3.8) is 0 Å². The second-order valence-corrected chi connectivity index (χ2v) is 8.99. The maximum Gasteiger partial charge on any atom is 0.261 e. The molecule has 6 N–H and O–H groups in total. The molecule has 0 spiro atoms. The van der Waals surface area contributed by atoms with Crippen LogP contribution in [0.3, 0.4) is 0 Å². The summed E-state index contributed by atoms with van der Waals surface area (Å²) in [6, 6.07) is 9.43. The van der Waals surface area contributed by atoms with E-state index in [0.717, 1.165) is 18.4 Å². The molecule has 0 aliphatic heterocycles. The molecular formula is C24H32N4O4. The Morgan fingerprint density at radius 3 is 2.41 bits per heavy atom. The Bertz CT molecular complexity index is 974. The first kappa shape index (κ1) is 22.5. The highest BCUT2D eigenvalue weighted by molar-refractivity contribution is 6.09. The van der Waals surface area contributed by atoms with Gasteiger partial charge >= 0.3 is 0 Å². The fourth-order valence-electron chi connectivity index (χ4n) is 4.85. The van der Waals surface area contributed by atoms with E-state index in [9.17, 15) is 9.90 Å². The van der Waals surface area contributed by atoms with Crippen LogP contribution in [-0.2, 0) is 10.5 Å². The third-order valence-corrected chi connectivity index (χ3v) is 6.78. The number of rotatable bonds is 6. The van der Waals surface area contributed by atoms with Gasteiger partial charge in [-0.25, -0.2) is 4.89 Å². The van der Waals surface area contributed by atoms with E-state index >= 15 is 0 Å². The van der Waals surface area contributed by atoms with Crippen molar-refractivity contribution in [2.24, 2.45) is 0 Å². The minimum atomic E-state index is -0.950. The summed E-state index contributed by atoms with van der Waals surface area (Å²) < 4.78 is 0. The van der Waals surface area contributed by atoms with Crippen LogP contribution in [0.4, 0.5) is 11.4 Å². The number of pyridine rings is 1. The number of hydrogen-bond acceptors (Lipinski definition) is 6. The van der Waals surface area contributed by atoms with Gasteiger partial charge in [0.25, 0.3) is 5.56 Å². The molecule has 0 atom stereocenters. The molecule has 4 rings (SSSR count). The molecule has 32 heavy (non-hydrogen) atoms. The van der Waals surface area contributed by atoms with Crippen molar-refractivity contribution in [2.45, 2.75) is 75.5 Å². The normalized spacial score (nSPS) is 24.1. The smallest absolute Gasteiger partial charge is 0.261 e. The van der Waals surface area contributed by atoms with Crippen LogP contribution in [0.5, 0.6) is 0 Å². The molecule has 2 saturated carbocycles. The van der Waals surface area contributed by atoms with Gasteiger partial charge in [0.15, 0.2) is 0 Å². The van der Waals surface area contributed by atoms with E-state index in [2.05, 4.69) is 20.5 Å². The van der Waals surface area contributed by atoms with Crippen molar-refractivity contribution in [3.05, 3.63) is 58.0 Å². The second kappa shape index (κ2) is 9.85. The lowest BCUT2D eigenvalue weighted by Gasteiger charge is -2.35. The summed E-state index contributed by atoms with van der Waals surface area (Å²) in [6.45, 7) is 0. The number of H-pyrrole nitrogens is 1. The summed E-state index contributed by atoms with van der Waals surface area (Å²) in [4.78, 5) is 19.6. The number of anilines is 2. The first-order valence-corrected chi connectivity index (χ1v) is 11.5. The summed E-state index contributed by atoms with van der Waals surface area (Å²) in [7, 11) is 0.